The second-order valence-corrected chi connectivity index (χ2v) is 6.64. The van der Waals surface area contributed by atoms with Gasteiger partial charge in [-0.3, -0.25) is 14.9 Å². The van der Waals surface area contributed by atoms with Crippen molar-refractivity contribution >= 4 is 23.0 Å². The summed E-state index contributed by atoms with van der Waals surface area (Å²) < 4.78 is 10.4. The molecule has 0 saturated carbocycles. The van der Waals surface area contributed by atoms with Crippen LogP contribution in [0.1, 0.15) is 15.9 Å². The Morgan fingerprint density at radius 3 is 2.29 bits per heavy atom. The number of anilines is 2. The van der Waals surface area contributed by atoms with Crippen LogP contribution in [0.5, 0.6) is 11.5 Å². The Kier molecular flexibility index (Phi) is 7.05. The van der Waals surface area contributed by atoms with Crippen molar-refractivity contribution in [3.8, 4) is 11.5 Å². The van der Waals surface area contributed by atoms with E-state index in [0.717, 1.165) is 5.69 Å². The minimum Gasteiger partial charge on any atom is -0.493 e. The van der Waals surface area contributed by atoms with Crippen molar-refractivity contribution in [3.63, 3.8) is 0 Å². The Labute approximate surface area is 180 Å². The van der Waals surface area contributed by atoms with Gasteiger partial charge in [-0.05, 0) is 36.8 Å². The zero-order chi connectivity index (χ0) is 22.2. The standard InChI is InChI=1S/C23H23N3O5/c1-30-21-14-16(20(26(28)29)15-22(21)31-2)12-13-24-23(27)18-10-6-7-11-19(18)25-17-8-4-3-5-9-17/h3-11,14-15,25H,12-13H2,1-2H3,(H,24,27). The first-order valence-electron chi connectivity index (χ1n) is 9.62. The molecule has 1 amide bonds. The van der Waals surface area contributed by atoms with Gasteiger partial charge >= 0.3 is 0 Å². The number of para-hydroxylation sites is 2. The second-order valence-electron chi connectivity index (χ2n) is 6.64. The van der Waals surface area contributed by atoms with Gasteiger partial charge in [0.15, 0.2) is 11.5 Å². The molecule has 8 nitrogen and oxygen atoms in total. The molecular formula is C23H23N3O5. The van der Waals surface area contributed by atoms with Crippen LogP contribution in [-0.4, -0.2) is 31.6 Å². The Morgan fingerprint density at radius 2 is 1.61 bits per heavy atom. The Bertz CT molecular complexity index is 1070. The molecule has 0 aliphatic rings. The van der Waals surface area contributed by atoms with Gasteiger partial charge in [0.05, 0.1) is 36.5 Å². The number of nitrogens with zero attached hydrogens (tertiary/aromatic N) is 1. The highest BCUT2D eigenvalue weighted by atomic mass is 16.6. The predicted molar refractivity (Wildman–Crippen MR) is 118 cm³/mol. The summed E-state index contributed by atoms with van der Waals surface area (Å²) in [4.78, 5) is 23.7. The predicted octanol–water partition coefficient (Wildman–Crippen LogP) is 4.33. The van der Waals surface area contributed by atoms with E-state index in [4.69, 9.17) is 9.47 Å². The number of hydrogen-bond acceptors (Lipinski definition) is 6. The highest BCUT2D eigenvalue weighted by Gasteiger charge is 2.19. The molecule has 0 heterocycles. The first-order valence-corrected chi connectivity index (χ1v) is 9.62. The molecule has 0 fully saturated rings. The molecule has 2 N–H and O–H groups in total. The van der Waals surface area contributed by atoms with Crippen molar-refractivity contribution in [1.29, 1.82) is 0 Å². The number of nitrogens with one attached hydrogen (secondary N) is 2. The maximum absolute atomic E-state index is 12.8. The molecule has 3 aromatic carbocycles. The number of nitro benzene ring substituents is 1. The summed E-state index contributed by atoms with van der Waals surface area (Å²) >= 11 is 0. The Balaban J connectivity index is 1.72. The number of carbonyl (C=O) groups excluding carboxylic acids is 1. The van der Waals surface area contributed by atoms with Crippen LogP contribution in [0.3, 0.4) is 0 Å². The average molecular weight is 421 g/mol. The van der Waals surface area contributed by atoms with Gasteiger partial charge in [-0.1, -0.05) is 30.3 Å². The first-order chi connectivity index (χ1) is 15.0. The number of hydrogen-bond donors (Lipinski definition) is 2. The second kappa shape index (κ2) is 10.1. The third-order valence-corrected chi connectivity index (χ3v) is 4.69. The average Bonchev–Trinajstić information content (AvgIpc) is 2.79. The van der Waals surface area contributed by atoms with E-state index in [1.165, 1.54) is 20.3 Å². The van der Waals surface area contributed by atoms with Crippen LogP contribution >= 0.6 is 0 Å². The van der Waals surface area contributed by atoms with Gasteiger partial charge in [0, 0.05) is 17.8 Å². The number of carbonyl (C=O) groups is 1. The van der Waals surface area contributed by atoms with Gasteiger partial charge in [-0.15, -0.1) is 0 Å². The molecule has 0 spiro atoms. The normalized spacial score (nSPS) is 10.3. The fourth-order valence-electron chi connectivity index (χ4n) is 3.15. The maximum atomic E-state index is 12.8. The summed E-state index contributed by atoms with van der Waals surface area (Å²) in [5.41, 5.74) is 2.37. The van der Waals surface area contributed by atoms with Crippen molar-refractivity contribution in [1.82, 2.24) is 5.32 Å². The van der Waals surface area contributed by atoms with E-state index in [1.54, 1.807) is 18.2 Å². The van der Waals surface area contributed by atoms with E-state index in [1.807, 2.05) is 42.5 Å². The topological polar surface area (TPSA) is 103 Å². The van der Waals surface area contributed by atoms with Crippen LogP contribution in [0.2, 0.25) is 0 Å². The number of nitro groups is 1. The van der Waals surface area contributed by atoms with E-state index >= 15 is 0 Å². The van der Waals surface area contributed by atoms with Crippen LogP contribution in [0, 0.1) is 10.1 Å². The van der Waals surface area contributed by atoms with Crippen LogP contribution in [-0.2, 0) is 6.42 Å². The fraction of sp³-hybridized carbons (Fsp3) is 0.174. The smallest absolute Gasteiger partial charge is 0.276 e. The third kappa shape index (κ3) is 5.30. The summed E-state index contributed by atoms with van der Waals surface area (Å²) in [5.74, 6) is 0.400. The van der Waals surface area contributed by atoms with Crippen LogP contribution < -0.4 is 20.1 Å². The highest BCUT2D eigenvalue weighted by molar-refractivity contribution is 6.00. The zero-order valence-corrected chi connectivity index (χ0v) is 17.3. The van der Waals surface area contributed by atoms with E-state index in [-0.39, 0.29) is 30.3 Å². The van der Waals surface area contributed by atoms with Crippen LogP contribution in [0.25, 0.3) is 0 Å². The van der Waals surface area contributed by atoms with Crippen LogP contribution in [0.15, 0.2) is 66.7 Å². The van der Waals surface area contributed by atoms with Crippen molar-refractivity contribution in [2.45, 2.75) is 6.42 Å². The summed E-state index contributed by atoms with van der Waals surface area (Å²) in [5, 5.41) is 17.5. The van der Waals surface area contributed by atoms with E-state index in [2.05, 4.69) is 10.6 Å². The van der Waals surface area contributed by atoms with E-state index < -0.39 is 4.92 Å². The van der Waals surface area contributed by atoms with Crippen molar-refractivity contribution in [2.24, 2.45) is 0 Å². The largest absolute Gasteiger partial charge is 0.493 e. The van der Waals surface area contributed by atoms with Gasteiger partial charge in [-0.2, -0.15) is 0 Å². The summed E-state index contributed by atoms with van der Waals surface area (Å²) in [6.45, 7) is 0.217. The minimum atomic E-state index is -0.474. The lowest BCUT2D eigenvalue weighted by molar-refractivity contribution is -0.385. The molecule has 0 aromatic heterocycles. The van der Waals surface area contributed by atoms with Gasteiger partial charge in [-0.25, -0.2) is 0 Å². The van der Waals surface area contributed by atoms with Crippen LogP contribution in [0.4, 0.5) is 17.1 Å². The molecule has 3 aromatic rings. The molecule has 31 heavy (non-hydrogen) atoms. The number of rotatable bonds is 9. The molecule has 8 heteroatoms. The molecule has 0 saturated heterocycles. The Hall–Kier alpha value is -4.07. The fourth-order valence-corrected chi connectivity index (χ4v) is 3.15. The summed E-state index contributed by atoms with van der Waals surface area (Å²) in [6, 6.07) is 19.6. The molecule has 0 aliphatic heterocycles. The molecule has 0 aliphatic carbocycles. The SMILES string of the molecule is COc1cc(CCNC(=O)c2ccccc2Nc2ccccc2)c([N+](=O)[O-])cc1OC. The lowest BCUT2D eigenvalue weighted by Crippen LogP contribution is -2.26. The quantitative estimate of drug-likeness (QED) is 0.394. The van der Waals surface area contributed by atoms with Crippen molar-refractivity contribution < 1.29 is 19.2 Å². The summed E-state index contributed by atoms with van der Waals surface area (Å²) in [6.07, 6.45) is 0.261. The van der Waals surface area contributed by atoms with E-state index in [9.17, 15) is 14.9 Å². The number of benzene rings is 3. The molecular weight excluding hydrogens is 398 g/mol. The summed E-state index contributed by atoms with van der Waals surface area (Å²) in [7, 11) is 2.88. The van der Waals surface area contributed by atoms with Gasteiger partial charge in [0.2, 0.25) is 0 Å². The zero-order valence-electron chi connectivity index (χ0n) is 17.3. The molecule has 0 bridgehead atoms. The molecule has 0 radical (unpaired) electrons. The molecule has 3 rings (SSSR count). The minimum absolute atomic E-state index is 0.0851. The van der Waals surface area contributed by atoms with E-state index in [0.29, 0.717) is 22.6 Å². The maximum Gasteiger partial charge on any atom is 0.276 e. The first kappa shape index (κ1) is 21.6. The number of ether oxygens (including phenoxy) is 2. The monoisotopic (exact) mass is 421 g/mol. The molecule has 0 unspecified atom stereocenters. The molecule has 160 valence electrons. The number of methoxy groups -OCH3 is 2. The van der Waals surface area contributed by atoms with Crippen molar-refractivity contribution in [3.05, 3.63) is 88.0 Å². The third-order valence-electron chi connectivity index (χ3n) is 4.69. The number of amides is 1. The Morgan fingerprint density at radius 1 is 0.968 bits per heavy atom. The lowest BCUT2D eigenvalue weighted by Gasteiger charge is -2.13. The molecule has 0 atom stereocenters. The highest BCUT2D eigenvalue weighted by Crippen LogP contribution is 2.34. The van der Waals surface area contributed by atoms with Gasteiger partial charge in [0.1, 0.15) is 0 Å². The van der Waals surface area contributed by atoms with Gasteiger partial charge in [0.25, 0.3) is 11.6 Å². The van der Waals surface area contributed by atoms with Crippen molar-refractivity contribution in [2.75, 3.05) is 26.1 Å². The van der Waals surface area contributed by atoms with Gasteiger partial charge < -0.3 is 20.1 Å². The lowest BCUT2D eigenvalue weighted by atomic mass is 10.1.